The van der Waals surface area contributed by atoms with Gasteiger partial charge in [0.15, 0.2) is 0 Å². The number of ether oxygens (including phenoxy) is 1. The maximum atomic E-state index is 12.2. The molecule has 2 rings (SSSR count). The summed E-state index contributed by atoms with van der Waals surface area (Å²) in [6, 6.07) is 11.2. The fraction of sp³-hybridized carbons (Fsp3) is 0.118. The van der Waals surface area contributed by atoms with E-state index in [0.717, 1.165) is 5.56 Å². The molecule has 6 heteroatoms. The lowest BCUT2D eigenvalue weighted by Crippen LogP contribution is -2.13. The van der Waals surface area contributed by atoms with E-state index >= 15 is 0 Å². The number of carbonyl (C=O) groups excluding carboxylic acids is 1. The summed E-state index contributed by atoms with van der Waals surface area (Å²) < 4.78 is 5.27. The summed E-state index contributed by atoms with van der Waals surface area (Å²) in [6.45, 7) is 5.67. The zero-order valence-electron chi connectivity index (χ0n) is 12.6. The topological polar surface area (TPSA) is 81.5 Å². The molecule has 0 bridgehead atoms. The van der Waals surface area contributed by atoms with Gasteiger partial charge in [-0.1, -0.05) is 30.4 Å². The summed E-state index contributed by atoms with van der Waals surface area (Å²) in [7, 11) is 0. The van der Waals surface area contributed by atoms with Crippen LogP contribution in [0.2, 0.25) is 0 Å². The fourth-order valence-corrected chi connectivity index (χ4v) is 1.91. The number of carbonyl (C=O) groups is 1. The maximum Gasteiger partial charge on any atom is 0.296 e. The standard InChI is InChI=1S/C17H16N2O4/c1-3-10-23-14-8-9-15(16(11-14)19(21)22)18-17(20)13-6-4-12(2)5-7-13/h3-9,11H,1,10H2,2H3,(H,18,20). The highest BCUT2D eigenvalue weighted by molar-refractivity contribution is 6.05. The Labute approximate surface area is 133 Å². The molecule has 118 valence electrons. The van der Waals surface area contributed by atoms with Gasteiger partial charge in [-0.05, 0) is 31.2 Å². The van der Waals surface area contributed by atoms with Crippen molar-refractivity contribution in [2.24, 2.45) is 0 Å². The molecule has 0 aliphatic rings. The van der Waals surface area contributed by atoms with Crippen LogP contribution in [-0.2, 0) is 0 Å². The van der Waals surface area contributed by atoms with E-state index in [1.54, 1.807) is 36.4 Å². The summed E-state index contributed by atoms with van der Waals surface area (Å²) in [5.41, 5.74) is 1.34. The minimum absolute atomic E-state index is 0.117. The molecular weight excluding hydrogens is 296 g/mol. The van der Waals surface area contributed by atoms with Crippen LogP contribution in [0.3, 0.4) is 0 Å². The number of nitro benzene ring substituents is 1. The monoisotopic (exact) mass is 312 g/mol. The summed E-state index contributed by atoms with van der Waals surface area (Å²) in [6.07, 6.45) is 1.54. The third kappa shape index (κ3) is 4.16. The predicted molar refractivity (Wildman–Crippen MR) is 87.9 cm³/mol. The minimum Gasteiger partial charge on any atom is -0.489 e. The van der Waals surface area contributed by atoms with Crippen molar-refractivity contribution >= 4 is 17.3 Å². The molecule has 0 aromatic heterocycles. The van der Waals surface area contributed by atoms with Crippen LogP contribution in [0.1, 0.15) is 15.9 Å². The molecule has 2 aromatic rings. The van der Waals surface area contributed by atoms with Gasteiger partial charge in [-0.15, -0.1) is 0 Å². The number of hydrogen-bond donors (Lipinski definition) is 1. The molecule has 0 saturated carbocycles. The molecule has 1 N–H and O–H groups in total. The lowest BCUT2D eigenvalue weighted by Gasteiger charge is -2.08. The first kappa shape index (κ1) is 16.2. The summed E-state index contributed by atoms with van der Waals surface area (Å²) in [4.78, 5) is 22.8. The summed E-state index contributed by atoms with van der Waals surface area (Å²) >= 11 is 0. The molecule has 0 aliphatic carbocycles. The number of amides is 1. The molecule has 0 radical (unpaired) electrons. The van der Waals surface area contributed by atoms with Crippen LogP contribution in [0.4, 0.5) is 11.4 Å². The number of benzene rings is 2. The number of nitro groups is 1. The zero-order valence-corrected chi connectivity index (χ0v) is 12.6. The van der Waals surface area contributed by atoms with Crippen molar-refractivity contribution < 1.29 is 14.5 Å². The molecule has 1 amide bonds. The van der Waals surface area contributed by atoms with Crippen molar-refractivity contribution in [1.29, 1.82) is 0 Å². The molecule has 0 heterocycles. The van der Waals surface area contributed by atoms with E-state index in [4.69, 9.17) is 4.74 Å². The van der Waals surface area contributed by atoms with E-state index in [-0.39, 0.29) is 18.0 Å². The van der Waals surface area contributed by atoms with Crippen LogP contribution in [0.5, 0.6) is 5.75 Å². The Morgan fingerprint density at radius 1 is 1.30 bits per heavy atom. The molecule has 0 unspecified atom stereocenters. The fourth-order valence-electron chi connectivity index (χ4n) is 1.91. The largest absolute Gasteiger partial charge is 0.489 e. The van der Waals surface area contributed by atoms with Gasteiger partial charge in [0.2, 0.25) is 0 Å². The molecule has 0 atom stereocenters. The van der Waals surface area contributed by atoms with Crippen molar-refractivity contribution in [1.82, 2.24) is 0 Å². The number of rotatable bonds is 6. The summed E-state index contributed by atoms with van der Waals surface area (Å²) in [5, 5.41) is 13.7. The van der Waals surface area contributed by atoms with Gasteiger partial charge in [-0.2, -0.15) is 0 Å². The predicted octanol–water partition coefficient (Wildman–Crippen LogP) is 3.72. The normalized spacial score (nSPS) is 9.96. The Hall–Kier alpha value is -3.15. The molecule has 0 aliphatic heterocycles. The molecule has 0 fully saturated rings. The third-order valence-corrected chi connectivity index (χ3v) is 3.10. The Bertz CT molecular complexity index is 739. The second kappa shape index (κ2) is 7.22. The Morgan fingerprint density at radius 2 is 2.00 bits per heavy atom. The van der Waals surface area contributed by atoms with Gasteiger partial charge in [0.25, 0.3) is 11.6 Å². The molecule has 6 nitrogen and oxygen atoms in total. The first-order valence-corrected chi connectivity index (χ1v) is 6.91. The lowest BCUT2D eigenvalue weighted by atomic mass is 10.1. The van der Waals surface area contributed by atoms with Gasteiger partial charge in [0.1, 0.15) is 18.0 Å². The second-order valence-corrected chi connectivity index (χ2v) is 4.86. The van der Waals surface area contributed by atoms with Gasteiger partial charge < -0.3 is 10.1 Å². The lowest BCUT2D eigenvalue weighted by molar-refractivity contribution is -0.384. The van der Waals surface area contributed by atoms with Crippen LogP contribution < -0.4 is 10.1 Å². The van der Waals surface area contributed by atoms with Gasteiger partial charge in [0, 0.05) is 5.56 Å². The second-order valence-electron chi connectivity index (χ2n) is 4.86. The van der Waals surface area contributed by atoms with E-state index in [2.05, 4.69) is 11.9 Å². The molecule has 2 aromatic carbocycles. The van der Waals surface area contributed by atoms with Crippen molar-refractivity contribution in [2.45, 2.75) is 6.92 Å². The first-order chi connectivity index (χ1) is 11.0. The van der Waals surface area contributed by atoms with Crippen LogP contribution >= 0.6 is 0 Å². The van der Waals surface area contributed by atoms with Crippen molar-refractivity contribution in [2.75, 3.05) is 11.9 Å². The highest BCUT2D eigenvalue weighted by Gasteiger charge is 2.18. The number of aryl methyl sites for hydroxylation is 1. The van der Waals surface area contributed by atoms with E-state index in [0.29, 0.717) is 11.3 Å². The van der Waals surface area contributed by atoms with Crippen LogP contribution in [0, 0.1) is 17.0 Å². The Balaban J connectivity index is 2.24. The van der Waals surface area contributed by atoms with Crippen LogP contribution in [-0.4, -0.2) is 17.4 Å². The number of nitrogens with one attached hydrogen (secondary N) is 1. The molecule has 0 saturated heterocycles. The molecule has 23 heavy (non-hydrogen) atoms. The smallest absolute Gasteiger partial charge is 0.296 e. The van der Waals surface area contributed by atoms with Gasteiger partial charge in [-0.3, -0.25) is 14.9 Å². The SMILES string of the molecule is C=CCOc1ccc(NC(=O)c2ccc(C)cc2)c([N+](=O)[O-])c1. The van der Waals surface area contributed by atoms with Crippen LogP contribution in [0.15, 0.2) is 55.1 Å². The number of anilines is 1. The third-order valence-electron chi connectivity index (χ3n) is 3.10. The first-order valence-electron chi connectivity index (χ1n) is 6.91. The average Bonchev–Trinajstić information content (AvgIpc) is 2.54. The van der Waals surface area contributed by atoms with E-state index < -0.39 is 10.8 Å². The van der Waals surface area contributed by atoms with Crippen molar-refractivity contribution in [3.63, 3.8) is 0 Å². The average molecular weight is 312 g/mol. The number of hydrogen-bond acceptors (Lipinski definition) is 4. The highest BCUT2D eigenvalue weighted by atomic mass is 16.6. The van der Waals surface area contributed by atoms with Gasteiger partial charge in [0.05, 0.1) is 11.0 Å². The summed E-state index contributed by atoms with van der Waals surface area (Å²) in [5.74, 6) is -0.0715. The van der Waals surface area contributed by atoms with E-state index in [1.807, 2.05) is 6.92 Å². The van der Waals surface area contributed by atoms with E-state index in [1.165, 1.54) is 12.1 Å². The Morgan fingerprint density at radius 3 is 2.61 bits per heavy atom. The Kier molecular flexibility index (Phi) is 5.09. The minimum atomic E-state index is -0.564. The number of nitrogens with zero attached hydrogens (tertiary/aromatic N) is 1. The molecular formula is C17H16N2O4. The maximum absolute atomic E-state index is 12.2. The van der Waals surface area contributed by atoms with E-state index in [9.17, 15) is 14.9 Å². The highest BCUT2D eigenvalue weighted by Crippen LogP contribution is 2.29. The quantitative estimate of drug-likeness (QED) is 0.500. The van der Waals surface area contributed by atoms with Crippen molar-refractivity contribution in [3.05, 3.63) is 76.4 Å². The zero-order chi connectivity index (χ0) is 16.8. The van der Waals surface area contributed by atoms with Gasteiger partial charge >= 0.3 is 0 Å². The van der Waals surface area contributed by atoms with Crippen molar-refractivity contribution in [3.8, 4) is 5.75 Å². The van der Waals surface area contributed by atoms with Gasteiger partial charge in [-0.25, -0.2) is 0 Å². The molecule has 0 spiro atoms. The van der Waals surface area contributed by atoms with Crippen LogP contribution in [0.25, 0.3) is 0 Å².